The number of rotatable bonds is 2. The highest BCUT2D eigenvalue weighted by Gasteiger charge is 2.07. The molecule has 0 unspecified atom stereocenters. The molecule has 0 aromatic heterocycles. The van der Waals surface area contributed by atoms with E-state index < -0.39 is 5.82 Å². The molecule has 3 nitrogen and oxygen atoms in total. The third-order valence-corrected chi connectivity index (χ3v) is 2.75. The maximum Gasteiger partial charge on any atom is 0.167 e. The third-order valence-electron chi connectivity index (χ3n) is 2.29. The van der Waals surface area contributed by atoms with Crippen molar-refractivity contribution in [3.63, 3.8) is 0 Å². The second kappa shape index (κ2) is 5.51. The second-order valence-electron chi connectivity index (χ2n) is 3.65. The number of halogens is 2. The molecule has 0 fully saturated rings. The van der Waals surface area contributed by atoms with Crippen LogP contribution in [-0.2, 0) is 0 Å². The summed E-state index contributed by atoms with van der Waals surface area (Å²) >= 11 is 3.24. The lowest BCUT2D eigenvalue weighted by Crippen LogP contribution is -1.90. The van der Waals surface area contributed by atoms with Crippen LogP contribution in [0.1, 0.15) is 11.1 Å². The van der Waals surface area contributed by atoms with Crippen molar-refractivity contribution in [2.75, 3.05) is 0 Å². The molecule has 0 N–H and O–H groups in total. The van der Waals surface area contributed by atoms with E-state index in [1.54, 1.807) is 12.1 Å². The normalized spacial score (nSPS) is 9.47. The Kier molecular flexibility index (Phi) is 3.79. The van der Waals surface area contributed by atoms with E-state index in [9.17, 15) is 4.39 Å². The van der Waals surface area contributed by atoms with Crippen molar-refractivity contribution in [1.82, 2.24) is 0 Å². The summed E-state index contributed by atoms with van der Waals surface area (Å²) in [7, 11) is 0. The zero-order chi connectivity index (χ0) is 13.8. The van der Waals surface area contributed by atoms with Crippen molar-refractivity contribution < 1.29 is 9.13 Å². The fourth-order valence-corrected chi connectivity index (χ4v) is 1.94. The molecule has 19 heavy (non-hydrogen) atoms. The van der Waals surface area contributed by atoms with Gasteiger partial charge < -0.3 is 4.74 Å². The Bertz CT molecular complexity index is 716. The summed E-state index contributed by atoms with van der Waals surface area (Å²) < 4.78 is 19.7. The van der Waals surface area contributed by atoms with Gasteiger partial charge in [-0.15, -0.1) is 0 Å². The zero-order valence-corrected chi connectivity index (χ0v) is 11.1. The van der Waals surface area contributed by atoms with Gasteiger partial charge in [0.15, 0.2) is 11.6 Å². The van der Waals surface area contributed by atoms with E-state index in [-0.39, 0.29) is 11.3 Å². The topological polar surface area (TPSA) is 56.8 Å². The molecule has 0 aliphatic rings. The molecule has 0 spiro atoms. The Hall–Kier alpha value is -2.37. The molecule has 2 rings (SSSR count). The average molecular weight is 317 g/mol. The van der Waals surface area contributed by atoms with Crippen LogP contribution < -0.4 is 4.74 Å². The van der Waals surface area contributed by atoms with Crippen molar-refractivity contribution in [2.24, 2.45) is 0 Å². The van der Waals surface area contributed by atoms with E-state index in [2.05, 4.69) is 15.9 Å². The van der Waals surface area contributed by atoms with Crippen LogP contribution in [0.3, 0.4) is 0 Å². The third kappa shape index (κ3) is 3.09. The Labute approximate surface area is 117 Å². The van der Waals surface area contributed by atoms with Crippen molar-refractivity contribution in [2.45, 2.75) is 0 Å². The zero-order valence-electron chi connectivity index (χ0n) is 9.52. The van der Waals surface area contributed by atoms with E-state index in [1.807, 2.05) is 12.1 Å². The molecule has 0 heterocycles. The van der Waals surface area contributed by atoms with Crippen molar-refractivity contribution in [3.05, 3.63) is 57.8 Å². The molecule has 0 aliphatic heterocycles. The summed E-state index contributed by atoms with van der Waals surface area (Å²) in [6.45, 7) is 0. The van der Waals surface area contributed by atoms with E-state index in [4.69, 9.17) is 15.3 Å². The molecule has 0 radical (unpaired) electrons. The van der Waals surface area contributed by atoms with Crippen LogP contribution >= 0.6 is 15.9 Å². The van der Waals surface area contributed by atoms with Gasteiger partial charge in [0.25, 0.3) is 0 Å². The number of nitriles is 2. The van der Waals surface area contributed by atoms with E-state index in [0.717, 1.165) is 6.07 Å². The van der Waals surface area contributed by atoms with Crippen LogP contribution in [0.4, 0.5) is 4.39 Å². The monoisotopic (exact) mass is 316 g/mol. The van der Waals surface area contributed by atoms with E-state index >= 15 is 0 Å². The van der Waals surface area contributed by atoms with Crippen LogP contribution in [-0.4, -0.2) is 0 Å². The van der Waals surface area contributed by atoms with Crippen LogP contribution in [0.15, 0.2) is 40.9 Å². The molecule has 2 aromatic rings. The number of ether oxygens (including phenoxy) is 1. The minimum absolute atomic E-state index is 0.000916. The summed E-state index contributed by atoms with van der Waals surface area (Å²) in [5.74, 6) is -0.284. The average Bonchev–Trinajstić information content (AvgIpc) is 2.40. The van der Waals surface area contributed by atoms with E-state index in [0.29, 0.717) is 15.8 Å². The van der Waals surface area contributed by atoms with Gasteiger partial charge in [-0.2, -0.15) is 10.5 Å². The largest absolute Gasteiger partial charge is 0.454 e. The highest BCUT2D eigenvalue weighted by molar-refractivity contribution is 9.10. The van der Waals surface area contributed by atoms with Gasteiger partial charge in [-0.05, 0) is 36.4 Å². The Morgan fingerprint density at radius 1 is 1.00 bits per heavy atom. The number of benzene rings is 2. The van der Waals surface area contributed by atoms with Crippen LogP contribution in [0.2, 0.25) is 0 Å². The number of nitrogens with zero attached hydrogens (tertiary/aromatic N) is 2. The fraction of sp³-hybridized carbons (Fsp3) is 0. The number of hydrogen-bond donors (Lipinski definition) is 0. The maximum atomic E-state index is 13.7. The van der Waals surface area contributed by atoms with Gasteiger partial charge in [-0.25, -0.2) is 4.39 Å². The van der Waals surface area contributed by atoms with Gasteiger partial charge >= 0.3 is 0 Å². The van der Waals surface area contributed by atoms with E-state index in [1.165, 1.54) is 18.2 Å². The van der Waals surface area contributed by atoms with Gasteiger partial charge in [0.2, 0.25) is 0 Å². The lowest BCUT2D eigenvalue weighted by Gasteiger charge is -2.07. The van der Waals surface area contributed by atoms with Crippen molar-refractivity contribution in [3.8, 4) is 23.6 Å². The van der Waals surface area contributed by atoms with Gasteiger partial charge in [0.05, 0.1) is 23.3 Å². The summed E-state index contributed by atoms with van der Waals surface area (Å²) in [5, 5.41) is 17.5. The first-order chi connectivity index (χ1) is 9.12. The molecule has 2 aromatic carbocycles. The van der Waals surface area contributed by atoms with Crippen LogP contribution in [0, 0.1) is 28.5 Å². The second-order valence-corrected chi connectivity index (χ2v) is 4.56. The highest BCUT2D eigenvalue weighted by atomic mass is 79.9. The van der Waals surface area contributed by atoms with Crippen molar-refractivity contribution in [1.29, 1.82) is 10.5 Å². The molecule has 92 valence electrons. The first kappa shape index (κ1) is 13.1. The maximum absolute atomic E-state index is 13.7. The summed E-state index contributed by atoms with van der Waals surface area (Å²) in [6.07, 6.45) is 0. The standard InChI is InChI=1S/C14H6BrFN2O/c15-11-3-10(8-18)4-12(6-11)19-14-2-1-9(7-17)5-13(14)16/h1-6H. The lowest BCUT2D eigenvalue weighted by molar-refractivity contribution is 0.442. The van der Waals surface area contributed by atoms with Gasteiger partial charge in [-0.3, -0.25) is 0 Å². The first-order valence-electron chi connectivity index (χ1n) is 5.20. The van der Waals surface area contributed by atoms with Gasteiger partial charge in [0, 0.05) is 4.47 Å². The Morgan fingerprint density at radius 3 is 2.37 bits per heavy atom. The fourth-order valence-electron chi connectivity index (χ4n) is 1.47. The summed E-state index contributed by atoms with van der Waals surface area (Å²) in [6, 6.07) is 12.5. The Balaban J connectivity index is 2.34. The molecule has 0 atom stereocenters. The quantitative estimate of drug-likeness (QED) is 0.837. The van der Waals surface area contributed by atoms with Crippen molar-refractivity contribution >= 4 is 15.9 Å². The SMILES string of the molecule is N#Cc1cc(Br)cc(Oc2ccc(C#N)cc2F)c1. The van der Waals surface area contributed by atoms with Gasteiger partial charge in [-0.1, -0.05) is 15.9 Å². The number of hydrogen-bond acceptors (Lipinski definition) is 3. The molecular weight excluding hydrogens is 311 g/mol. The van der Waals surface area contributed by atoms with Crippen LogP contribution in [0.25, 0.3) is 0 Å². The summed E-state index contributed by atoms with van der Waals surface area (Å²) in [4.78, 5) is 0. The Morgan fingerprint density at radius 2 is 1.74 bits per heavy atom. The molecule has 0 amide bonds. The highest BCUT2D eigenvalue weighted by Crippen LogP contribution is 2.28. The molecule has 0 aliphatic carbocycles. The smallest absolute Gasteiger partial charge is 0.167 e. The molecule has 0 saturated carbocycles. The minimum atomic E-state index is -0.627. The first-order valence-corrected chi connectivity index (χ1v) is 6.00. The molecule has 0 bridgehead atoms. The molecular formula is C14H6BrFN2O. The molecule has 0 saturated heterocycles. The van der Waals surface area contributed by atoms with Gasteiger partial charge in [0.1, 0.15) is 5.75 Å². The lowest BCUT2D eigenvalue weighted by atomic mass is 10.2. The van der Waals surface area contributed by atoms with Crippen LogP contribution in [0.5, 0.6) is 11.5 Å². The predicted molar refractivity (Wildman–Crippen MR) is 70.0 cm³/mol. The predicted octanol–water partition coefficient (Wildman–Crippen LogP) is 4.12. The minimum Gasteiger partial charge on any atom is -0.454 e. The molecule has 5 heteroatoms. The summed E-state index contributed by atoms with van der Waals surface area (Å²) in [5.41, 5.74) is 0.621.